The molecule has 2 rings (SSSR count). The molecule has 0 fully saturated rings. The van der Waals surface area contributed by atoms with E-state index < -0.39 is 12.1 Å². The Balaban J connectivity index is 1.88. The molecule has 142 valence electrons. The third kappa shape index (κ3) is 5.25. The highest BCUT2D eigenvalue weighted by molar-refractivity contribution is 5.95. The molecule has 0 aromatic heterocycles. The smallest absolute Gasteiger partial charge is 0.342 e. The summed E-state index contributed by atoms with van der Waals surface area (Å²) in [7, 11) is 2.94. The molecule has 0 heterocycles. The van der Waals surface area contributed by atoms with Gasteiger partial charge in [0.05, 0.1) is 14.2 Å². The van der Waals surface area contributed by atoms with Crippen molar-refractivity contribution in [2.24, 2.45) is 0 Å². The highest BCUT2D eigenvalue weighted by Gasteiger charge is 2.23. The largest absolute Gasteiger partial charge is 0.493 e. The second kappa shape index (κ2) is 9.85. The van der Waals surface area contributed by atoms with E-state index in [4.69, 9.17) is 14.2 Å². The summed E-state index contributed by atoms with van der Waals surface area (Å²) in [4.78, 5) is 24.5. The molecular weight excluding hydrogens is 334 g/mol. The number of carbonyl (C=O) groups is 2. The van der Waals surface area contributed by atoms with E-state index in [-0.39, 0.29) is 17.2 Å². The minimum absolute atomic E-state index is 0.221. The molecule has 1 aliphatic carbocycles. The van der Waals surface area contributed by atoms with Gasteiger partial charge >= 0.3 is 5.97 Å². The molecule has 0 unspecified atom stereocenters. The fourth-order valence-corrected chi connectivity index (χ4v) is 2.95. The number of esters is 1. The van der Waals surface area contributed by atoms with E-state index in [1.54, 1.807) is 25.1 Å². The van der Waals surface area contributed by atoms with E-state index in [9.17, 15) is 9.59 Å². The Bertz CT molecular complexity index is 668. The van der Waals surface area contributed by atoms with E-state index in [1.165, 1.54) is 32.6 Å². The van der Waals surface area contributed by atoms with Crippen LogP contribution >= 0.6 is 0 Å². The van der Waals surface area contributed by atoms with Gasteiger partial charge in [-0.2, -0.15) is 0 Å². The summed E-state index contributed by atoms with van der Waals surface area (Å²) in [5.74, 6) is -0.216. The number of ether oxygens (including phenoxy) is 3. The maximum atomic E-state index is 12.4. The Kier molecular flexibility index (Phi) is 7.51. The lowest BCUT2D eigenvalue weighted by molar-refractivity contribution is -0.129. The number of hydrogen-bond donors (Lipinski definition) is 1. The normalized spacial score (nSPS) is 14.8. The Morgan fingerprint density at radius 2 is 2.00 bits per heavy atom. The molecule has 0 spiro atoms. The molecule has 6 nitrogen and oxygen atoms in total. The van der Waals surface area contributed by atoms with Gasteiger partial charge in [0.15, 0.2) is 17.6 Å². The molecular formula is C20H27NO5. The molecule has 1 aliphatic rings. The lowest BCUT2D eigenvalue weighted by Gasteiger charge is -2.17. The number of para-hydroxylation sites is 1. The predicted octanol–water partition coefficient (Wildman–Crippen LogP) is 3.26. The van der Waals surface area contributed by atoms with Crippen molar-refractivity contribution in [3.63, 3.8) is 0 Å². The summed E-state index contributed by atoms with van der Waals surface area (Å²) >= 11 is 0. The van der Waals surface area contributed by atoms with Gasteiger partial charge in [0, 0.05) is 6.54 Å². The third-order valence-electron chi connectivity index (χ3n) is 4.41. The standard InChI is InChI=1S/C20H27NO5/c1-14(19(22)21-13-12-15-8-5-4-6-9-15)26-20(23)16-10-7-11-17(24-2)18(16)25-3/h7-8,10-11,14H,4-6,9,12-13H2,1-3H3,(H,21,22)/t14-/m1/s1. The second-order valence-electron chi connectivity index (χ2n) is 6.24. The third-order valence-corrected chi connectivity index (χ3v) is 4.41. The zero-order valence-electron chi connectivity index (χ0n) is 15.7. The van der Waals surface area contributed by atoms with Crippen molar-refractivity contribution in [1.29, 1.82) is 0 Å². The number of amides is 1. The Hall–Kier alpha value is -2.50. The topological polar surface area (TPSA) is 73.9 Å². The van der Waals surface area contributed by atoms with Crippen LogP contribution in [0.4, 0.5) is 0 Å². The van der Waals surface area contributed by atoms with Gasteiger partial charge in [0.2, 0.25) is 0 Å². The van der Waals surface area contributed by atoms with Gasteiger partial charge in [0.25, 0.3) is 5.91 Å². The van der Waals surface area contributed by atoms with Crippen LogP contribution in [0.25, 0.3) is 0 Å². The monoisotopic (exact) mass is 361 g/mol. The van der Waals surface area contributed by atoms with Crippen molar-refractivity contribution in [2.45, 2.75) is 45.1 Å². The minimum Gasteiger partial charge on any atom is -0.493 e. The van der Waals surface area contributed by atoms with Gasteiger partial charge in [-0.25, -0.2) is 4.79 Å². The molecule has 1 aromatic carbocycles. The van der Waals surface area contributed by atoms with Crippen molar-refractivity contribution in [2.75, 3.05) is 20.8 Å². The van der Waals surface area contributed by atoms with Crippen LogP contribution in [-0.2, 0) is 9.53 Å². The SMILES string of the molecule is COc1cccc(C(=O)O[C@H](C)C(=O)NCCC2=CCCCC2)c1OC. The van der Waals surface area contributed by atoms with Gasteiger partial charge in [-0.3, -0.25) is 4.79 Å². The summed E-state index contributed by atoms with van der Waals surface area (Å²) in [6, 6.07) is 4.93. The van der Waals surface area contributed by atoms with Crippen LogP contribution in [0, 0.1) is 0 Å². The van der Waals surface area contributed by atoms with Gasteiger partial charge in [-0.05, 0) is 51.2 Å². The lowest BCUT2D eigenvalue weighted by atomic mass is 9.97. The van der Waals surface area contributed by atoms with Crippen LogP contribution in [0.5, 0.6) is 11.5 Å². The Morgan fingerprint density at radius 3 is 2.65 bits per heavy atom. The molecule has 0 saturated carbocycles. The summed E-state index contributed by atoms with van der Waals surface area (Å²) in [5, 5.41) is 2.82. The molecule has 1 N–H and O–H groups in total. The molecule has 26 heavy (non-hydrogen) atoms. The van der Waals surface area contributed by atoms with E-state index in [0.717, 1.165) is 19.3 Å². The maximum absolute atomic E-state index is 12.4. The molecule has 0 saturated heterocycles. The van der Waals surface area contributed by atoms with Crippen LogP contribution in [0.3, 0.4) is 0 Å². The number of hydrogen-bond acceptors (Lipinski definition) is 5. The molecule has 1 amide bonds. The minimum atomic E-state index is -0.890. The quantitative estimate of drug-likeness (QED) is 0.568. The molecule has 1 aromatic rings. The van der Waals surface area contributed by atoms with E-state index in [0.29, 0.717) is 12.3 Å². The second-order valence-corrected chi connectivity index (χ2v) is 6.24. The van der Waals surface area contributed by atoms with Gasteiger partial charge in [-0.15, -0.1) is 0 Å². The van der Waals surface area contributed by atoms with Crippen LogP contribution < -0.4 is 14.8 Å². The molecule has 1 atom stereocenters. The Labute approximate surface area is 154 Å². The highest BCUT2D eigenvalue weighted by atomic mass is 16.6. The fourth-order valence-electron chi connectivity index (χ4n) is 2.95. The van der Waals surface area contributed by atoms with Gasteiger partial charge in [-0.1, -0.05) is 17.7 Å². The summed E-state index contributed by atoms with van der Waals surface area (Å²) < 4.78 is 15.7. The van der Waals surface area contributed by atoms with Crippen LogP contribution in [0.1, 0.15) is 49.4 Å². The number of nitrogens with one attached hydrogen (secondary N) is 1. The van der Waals surface area contributed by atoms with Gasteiger partial charge < -0.3 is 19.5 Å². The van der Waals surface area contributed by atoms with E-state index >= 15 is 0 Å². The van der Waals surface area contributed by atoms with Gasteiger partial charge in [0.1, 0.15) is 5.56 Å². The first-order valence-corrected chi connectivity index (χ1v) is 8.94. The average Bonchev–Trinajstić information content (AvgIpc) is 2.67. The first-order valence-electron chi connectivity index (χ1n) is 8.94. The van der Waals surface area contributed by atoms with Crippen LogP contribution in [0.15, 0.2) is 29.8 Å². The lowest BCUT2D eigenvalue weighted by Crippen LogP contribution is -2.36. The summed E-state index contributed by atoms with van der Waals surface area (Å²) in [6.07, 6.45) is 6.91. The van der Waals surface area contributed by atoms with Crippen LogP contribution in [0.2, 0.25) is 0 Å². The van der Waals surface area contributed by atoms with Crippen molar-refractivity contribution in [1.82, 2.24) is 5.32 Å². The highest BCUT2D eigenvalue weighted by Crippen LogP contribution is 2.31. The fraction of sp³-hybridized carbons (Fsp3) is 0.500. The van der Waals surface area contributed by atoms with Crippen molar-refractivity contribution < 1.29 is 23.8 Å². The Morgan fingerprint density at radius 1 is 1.19 bits per heavy atom. The number of rotatable bonds is 8. The van der Waals surface area contributed by atoms with E-state index in [2.05, 4.69) is 11.4 Å². The summed E-state index contributed by atoms with van der Waals surface area (Å²) in [6.45, 7) is 2.11. The first-order chi connectivity index (χ1) is 12.6. The van der Waals surface area contributed by atoms with Crippen molar-refractivity contribution >= 4 is 11.9 Å². The molecule has 6 heteroatoms. The number of allylic oxidation sites excluding steroid dienone is 1. The first kappa shape index (κ1) is 19.8. The number of benzene rings is 1. The number of carbonyl (C=O) groups excluding carboxylic acids is 2. The molecule has 0 radical (unpaired) electrons. The predicted molar refractivity (Wildman–Crippen MR) is 98.6 cm³/mol. The van der Waals surface area contributed by atoms with Crippen LogP contribution in [-0.4, -0.2) is 38.7 Å². The average molecular weight is 361 g/mol. The number of methoxy groups -OCH3 is 2. The molecule has 0 aliphatic heterocycles. The molecule has 0 bridgehead atoms. The van der Waals surface area contributed by atoms with Crippen molar-refractivity contribution in [3.8, 4) is 11.5 Å². The zero-order chi connectivity index (χ0) is 18.9. The summed E-state index contributed by atoms with van der Waals surface area (Å²) in [5.41, 5.74) is 1.61. The van der Waals surface area contributed by atoms with Crippen molar-refractivity contribution in [3.05, 3.63) is 35.4 Å². The maximum Gasteiger partial charge on any atom is 0.342 e. The van der Waals surface area contributed by atoms with E-state index in [1.807, 2.05) is 0 Å². The zero-order valence-corrected chi connectivity index (χ0v) is 15.7.